The molecule has 1 saturated heterocycles. The third-order valence-electron chi connectivity index (χ3n) is 3.45. The van der Waals surface area contributed by atoms with E-state index in [1.54, 1.807) is 0 Å². The highest BCUT2D eigenvalue weighted by Gasteiger charge is 2.29. The first-order valence-corrected chi connectivity index (χ1v) is 7.95. The van der Waals surface area contributed by atoms with Crippen LogP contribution in [0, 0.1) is 9.49 Å². The molecule has 1 nitrogen and oxygen atoms in total. The molecule has 1 aromatic rings. The van der Waals surface area contributed by atoms with Gasteiger partial charge in [-0.25, -0.2) is 0 Å². The zero-order chi connectivity index (χ0) is 11.5. The zero-order valence-electron chi connectivity index (χ0n) is 9.50. The van der Waals surface area contributed by atoms with Crippen molar-refractivity contribution in [3.8, 4) is 0 Å². The molecule has 0 saturated carbocycles. The second-order valence-corrected chi connectivity index (χ2v) is 6.48. The van der Waals surface area contributed by atoms with Gasteiger partial charge in [0.25, 0.3) is 0 Å². The van der Waals surface area contributed by atoms with Crippen molar-refractivity contribution >= 4 is 38.5 Å². The highest BCUT2D eigenvalue weighted by atomic mass is 127. The molecule has 2 atom stereocenters. The van der Waals surface area contributed by atoms with Gasteiger partial charge in [-0.3, -0.25) is 4.90 Å². The molecule has 1 aliphatic rings. The molecule has 16 heavy (non-hydrogen) atoms. The average molecular weight is 394 g/mol. The van der Waals surface area contributed by atoms with Gasteiger partial charge >= 0.3 is 0 Å². The van der Waals surface area contributed by atoms with Crippen LogP contribution in [-0.2, 0) is 6.54 Å². The van der Waals surface area contributed by atoms with E-state index >= 15 is 0 Å². The smallest absolute Gasteiger partial charge is 0.0237 e. The largest absolute Gasteiger partial charge is 0.295 e. The number of likely N-dealkylation sites (tertiary alicyclic amines) is 1. The van der Waals surface area contributed by atoms with Gasteiger partial charge in [0.15, 0.2) is 0 Å². The summed E-state index contributed by atoms with van der Waals surface area (Å²) in [5.74, 6) is 0.822. The molecule has 1 aromatic carbocycles. The molecule has 1 fully saturated rings. The maximum atomic E-state index is 3.64. The Balaban J connectivity index is 2.01. The summed E-state index contributed by atoms with van der Waals surface area (Å²) in [6.45, 7) is 4.70. The van der Waals surface area contributed by atoms with Gasteiger partial charge in [-0.1, -0.05) is 35.0 Å². The fraction of sp³-hybridized carbons (Fsp3) is 0.538. The van der Waals surface area contributed by atoms with Crippen LogP contribution in [0.15, 0.2) is 24.3 Å². The van der Waals surface area contributed by atoms with Crippen molar-refractivity contribution in [2.75, 3.05) is 11.9 Å². The molecule has 2 unspecified atom stereocenters. The summed E-state index contributed by atoms with van der Waals surface area (Å²) < 4.78 is 1.31. The van der Waals surface area contributed by atoms with Crippen molar-refractivity contribution in [3.05, 3.63) is 33.4 Å². The van der Waals surface area contributed by atoms with Crippen LogP contribution in [0.3, 0.4) is 0 Å². The zero-order valence-corrected chi connectivity index (χ0v) is 13.2. The molecule has 0 bridgehead atoms. The number of nitrogens with zero attached hydrogens (tertiary/aromatic N) is 1. The molecule has 1 aliphatic heterocycles. The van der Waals surface area contributed by atoms with Crippen molar-refractivity contribution in [2.24, 2.45) is 5.92 Å². The van der Waals surface area contributed by atoms with E-state index in [4.69, 9.17) is 0 Å². The van der Waals surface area contributed by atoms with Crippen molar-refractivity contribution in [1.82, 2.24) is 4.90 Å². The number of hydrogen-bond acceptors (Lipinski definition) is 1. The fourth-order valence-electron chi connectivity index (χ4n) is 2.36. The molecule has 0 amide bonds. The lowest BCUT2D eigenvalue weighted by atomic mass is 10.1. The van der Waals surface area contributed by atoms with E-state index in [2.05, 4.69) is 74.6 Å². The average Bonchev–Trinajstić information content (AvgIpc) is 2.63. The van der Waals surface area contributed by atoms with E-state index in [0.29, 0.717) is 6.04 Å². The summed E-state index contributed by atoms with van der Waals surface area (Å²) in [6.07, 6.45) is 1.33. The quantitative estimate of drug-likeness (QED) is 0.556. The summed E-state index contributed by atoms with van der Waals surface area (Å²) in [7, 11) is 0. The molecule has 0 aliphatic carbocycles. The van der Waals surface area contributed by atoms with Crippen LogP contribution in [0.2, 0.25) is 0 Å². The molecule has 0 spiro atoms. The normalized spacial score (nSPS) is 26.2. The molecule has 0 aromatic heterocycles. The van der Waals surface area contributed by atoms with Gasteiger partial charge < -0.3 is 0 Å². The van der Waals surface area contributed by atoms with Gasteiger partial charge in [-0.2, -0.15) is 0 Å². The van der Waals surface area contributed by atoms with Gasteiger partial charge in [0.05, 0.1) is 0 Å². The van der Waals surface area contributed by atoms with E-state index in [1.807, 2.05) is 0 Å². The molecule has 1 heterocycles. The molecular formula is C13H17BrIN. The minimum atomic E-state index is 0.708. The summed E-state index contributed by atoms with van der Waals surface area (Å²) in [5.41, 5.74) is 1.43. The van der Waals surface area contributed by atoms with E-state index in [-0.39, 0.29) is 0 Å². The van der Waals surface area contributed by atoms with Crippen molar-refractivity contribution in [1.29, 1.82) is 0 Å². The standard InChI is InChI=1S/C13H17BrIN/c1-10-6-7-16(13(10)8-14)9-11-2-4-12(15)5-3-11/h2-5,10,13H,6-9H2,1H3. The summed E-state index contributed by atoms with van der Waals surface area (Å²) in [5, 5.41) is 1.10. The molecular weight excluding hydrogens is 377 g/mol. The topological polar surface area (TPSA) is 3.24 Å². The SMILES string of the molecule is CC1CCN(Cc2ccc(I)cc2)C1CBr. The summed E-state index contributed by atoms with van der Waals surface area (Å²) >= 11 is 5.99. The Morgan fingerprint density at radius 3 is 2.69 bits per heavy atom. The Morgan fingerprint density at radius 1 is 1.38 bits per heavy atom. The van der Waals surface area contributed by atoms with Crippen molar-refractivity contribution in [3.63, 3.8) is 0 Å². The van der Waals surface area contributed by atoms with Crippen LogP contribution < -0.4 is 0 Å². The third kappa shape index (κ3) is 2.99. The van der Waals surface area contributed by atoms with Crippen LogP contribution >= 0.6 is 38.5 Å². The molecule has 88 valence electrons. The Kier molecular flexibility index (Phi) is 4.67. The van der Waals surface area contributed by atoms with Crippen LogP contribution in [0.5, 0.6) is 0 Å². The number of halogens is 2. The highest BCUT2D eigenvalue weighted by Crippen LogP contribution is 2.26. The van der Waals surface area contributed by atoms with Gasteiger partial charge in [-0.15, -0.1) is 0 Å². The van der Waals surface area contributed by atoms with Crippen LogP contribution in [0.25, 0.3) is 0 Å². The van der Waals surface area contributed by atoms with Crippen LogP contribution in [-0.4, -0.2) is 22.8 Å². The number of hydrogen-bond donors (Lipinski definition) is 0. The van der Waals surface area contributed by atoms with Gasteiger partial charge in [-0.05, 0) is 59.2 Å². The molecule has 2 rings (SSSR count). The van der Waals surface area contributed by atoms with E-state index < -0.39 is 0 Å². The summed E-state index contributed by atoms with van der Waals surface area (Å²) in [4.78, 5) is 2.60. The monoisotopic (exact) mass is 393 g/mol. The molecule has 3 heteroatoms. The van der Waals surface area contributed by atoms with E-state index in [1.165, 1.54) is 22.1 Å². The minimum Gasteiger partial charge on any atom is -0.295 e. The first-order valence-electron chi connectivity index (χ1n) is 5.75. The highest BCUT2D eigenvalue weighted by molar-refractivity contribution is 14.1. The minimum absolute atomic E-state index is 0.708. The number of benzene rings is 1. The predicted molar refractivity (Wildman–Crippen MR) is 80.9 cm³/mol. The van der Waals surface area contributed by atoms with Gasteiger partial charge in [0.1, 0.15) is 0 Å². The molecule has 0 N–H and O–H groups in total. The predicted octanol–water partition coefficient (Wildman–Crippen LogP) is 3.90. The number of rotatable bonds is 3. The Hall–Kier alpha value is 0.390. The van der Waals surface area contributed by atoms with E-state index in [0.717, 1.165) is 17.8 Å². The Bertz CT molecular complexity index is 338. The molecule has 0 radical (unpaired) electrons. The lowest BCUT2D eigenvalue weighted by Crippen LogP contribution is -2.32. The second kappa shape index (κ2) is 5.83. The van der Waals surface area contributed by atoms with Crippen LogP contribution in [0.1, 0.15) is 18.9 Å². The van der Waals surface area contributed by atoms with Crippen LogP contribution in [0.4, 0.5) is 0 Å². The fourth-order valence-corrected chi connectivity index (χ4v) is 3.77. The third-order valence-corrected chi connectivity index (χ3v) is 4.84. The van der Waals surface area contributed by atoms with Crippen molar-refractivity contribution < 1.29 is 0 Å². The Labute approximate surface area is 120 Å². The maximum absolute atomic E-state index is 3.64. The van der Waals surface area contributed by atoms with Gasteiger partial charge in [0.2, 0.25) is 0 Å². The lowest BCUT2D eigenvalue weighted by Gasteiger charge is -2.25. The second-order valence-electron chi connectivity index (χ2n) is 4.58. The lowest BCUT2D eigenvalue weighted by molar-refractivity contribution is 0.244. The summed E-state index contributed by atoms with van der Waals surface area (Å²) in [6, 6.07) is 9.59. The first-order chi connectivity index (χ1) is 7.70. The first kappa shape index (κ1) is 12.8. The van der Waals surface area contributed by atoms with Crippen molar-refractivity contribution in [2.45, 2.75) is 25.9 Å². The number of alkyl halides is 1. The van der Waals surface area contributed by atoms with E-state index in [9.17, 15) is 0 Å². The maximum Gasteiger partial charge on any atom is 0.0237 e. The Morgan fingerprint density at radius 2 is 2.06 bits per heavy atom. The van der Waals surface area contributed by atoms with Gasteiger partial charge in [0, 0.05) is 21.5 Å².